The summed E-state index contributed by atoms with van der Waals surface area (Å²) in [4.78, 5) is 25.6. The van der Waals surface area contributed by atoms with Crippen molar-refractivity contribution in [1.29, 1.82) is 0 Å². The predicted molar refractivity (Wildman–Crippen MR) is 69.5 cm³/mol. The zero-order valence-electron chi connectivity index (χ0n) is 10.2. The third-order valence-electron chi connectivity index (χ3n) is 2.52. The summed E-state index contributed by atoms with van der Waals surface area (Å²) >= 11 is 0. The van der Waals surface area contributed by atoms with Gasteiger partial charge in [0.1, 0.15) is 18.9 Å². The van der Waals surface area contributed by atoms with Gasteiger partial charge < -0.3 is 9.53 Å². The van der Waals surface area contributed by atoms with Crippen LogP contribution in [0.5, 0.6) is 0 Å². The smallest absolute Gasteiger partial charge is 0.331 e. The van der Waals surface area contributed by atoms with Gasteiger partial charge in [-0.3, -0.25) is 4.99 Å². The molecule has 0 aliphatic carbocycles. The first-order valence-electron chi connectivity index (χ1n) is 5.88. The van der Waals surface area contributed by atoms with Crippen LogP contribution in [0.3, 0.4) is 0 Å². The monoisotopic (exact) mass is 247 g/mol. The number of benzene rings is 1. The van der Waals surface area contributed by atoms with Crippen LogP contribution < -0.4 is 0 Å². The molecule has 0 fully saturated rings. The summed E-state index contributed by atoms with van der Waals surface area (Å²) < 4.78 is 5.15. The van der Waals surface area contributed by atoms with Gasteiger partial charge in [-0.1, -0.05) is 30.3 Å². The Morgan fingerprint density at radius 3 is 2.72 bits per heavy atom. The van der Waals surface area contributed by atoms with E-state index >= 15 is 0 Å². The molecule has 0 unspecified atom stereocenters. The number of aldehydes is 1. The molecule has 1 aromatic rings. The highest BCUT2D eigenvalue weighted by molar-refractivity contribution is 5.76. The first-order chi connectivity index (χ1) is 8.77. The Balaban J connectivity index is 2.38. The number of carbonyl (C=O) groups excluding carboxylic acids is 2. The second kappa shape index (κ2) is 8.17. The molecule has 0 amide bonds. The van der Waals surface area contributed by atoms with E-state index in [9.17, 15) is 9.59 Å². The highest BCUT2D eigenvalue weighted by Gasteiger charge is 2.17. The summed E-state index contributed by atoms with van der Waals surface area (Å²) in [5, 5.41) is 0. The van der Waals surface area contributed by atoms with Crippen molar-refractivity contribution in [1.82, 2.24) is 0 Å². The Bertz CT molecular complexity index is 389. The molecule has 0 aromatic heterocycles. The Labute approximate surface area is 107 Å². The molecular formula is C14H17NO3. The molecule has 0 aliphatic heterocycles. The highest BCUT2D eigenvalue weighted by Crippen LogP contribution is 2.08. The van der Waals surface area contributed by atoms with E-state index in [0.717, 1.165) is 11.8 Å². The van der Waals surface area contributed by atoms with Crippen molar-refractivity contribution in [3.63, 3.8) is 0 Å². The van der Waals surface area contributed by atoms with Crippen LogP contribution in [0.1, 0.15) is 24.8 Å². The van der Waals surface area contributed by atoms with Crippen molar-refractivity contribution in [3.05, 3.63) is 35.9 Å². The van der Waals surface area contributed by atoms with E-state index in [2.05, 4.69) is 11.7 Å². The van der Waals surface area contributed by atoms with E-state index in [1.165, 1.54) is 0 Å². The fraction of sp³-hybridized carbons (Fsp3) is 0.357. The van der Waals surface area contributed by atoms with Gasteiger partial charge in [0.25, 0.3) is 0 Å². The van der Waals surface area contributed by atoms with E-state index in [0.29, 0.717) is 19.3 Å². The Morgan fingerprint density at radius 1 is 1.39 bits per heavy atom. The average Bonchev–Trinajstić information content (AvgIpc) is 2.42. The molecule has 4 nitrogen and oxygen atoms in total. The summed E-state index contributed by atoms with van der Waals surface area (Å²) in [6.45, 7) is 3.61. The van der Waals surface area contributed by atoms with Crippen molar-refractivity contribution in [2.45, 2.75) is 31.9 Å². The van der Waals surface area contributed by atoms with Gasteiger partial charge in [-0.05, 0) is 25.1 Å². The van der Waals surface area contributed by atoms with E-state index in [1.807, 2.05) is 30.3 Å². The molecule has 0 heterocycles. The molecule has 1 atom stereocenters. The number of ether oxygens (including phenoxy) is 1. The molecule has 18 heavy (non-hydrogen) atoms. The SMILES string of the molecule is C=N[C@H](CCCC=O)C(=O)OCc1ccccc1. The molecule has 0 spiro atoms. The van der Waals surface area contributed by atoms with Crippen molar-refractivity contribution in [2.75, 3.05) is 0 Å². The maximum Gasteiger partial charge on any atom is 0.331 e. The van der Waals surface area contributed by atoms with Gasteiger partial charge in [-0.15, -0.1) is 0 Å². The van der Waals surface area contributed by atoms with Crippen LogP contribution in [0.4, 0.5) is 0 Å². The summed E-state index contributed by atoms with van der Waals surface area (Å²) in [5.41, 5.74) is 0.932. The molecule has 0 aliphatic rings. The van der Waals surface area contributed by atoms with Crippen LogP contribution in [-0.2, 0) is 20.9 Å². The summed E-state index contributed by atoms with van der Waals surface area (Å²) in [6, 6.07) is 8.87. The predicted octanol–water partition coefficient (Wildman–Crippen LogP) is 2.17. The van der Waals surface area contributed by atoms with Crippen LogP contribution in [0, 0.1) is 0 Å². The summed E-state index contributed by atoms with van der Waals surface area (Å²) in [6.07, 6.45) is 2.37. The molecule has 96 valence electrons. The lowest BCUT2D eigenvalue weighted by atomic mass is 10.1. The van der Waals surface area contributed by atoms with Gasteiger partial charge in [0.15, 0.2) is 0 Å². The Hall–Kier alpha value is -1.97. The quantitative estimate of drug-likeness (QED) is 0.306. The lowest BCUT2D eigenvalue weighted by molar-refractivity contribution is -0.146. The van der Waals surface area contributed by atoms with Crippen molar-refractivity contribution in [3.8, 4) is 0 Å². The topological polar surface area (TPSA) is 55.7 Å². The number of unbranched alkanes of at least 4 members (excludes halogenated alkanes) is 1. The highest BCUT2D eigenvalue weighted by atomic mass is 16.5. The van der Waals surface area contributed by atoms with Gasteiger partial charge in [0.2, 0.25) is 0 Å². The number of nitrogens with zero attached hydrogens (tertiary/aromatic N) is 1. The van der Waals surface area contributed by atoms with Crippen LogP contribution in [-0.4, -0.2) is 25.0 Å². The lowest BCUT2D eigenvalue weighted by Crippen LogP contribution is -2.21. The van der Waals surface area contributed by atoms with E-state index in [-0.39, 0.29) is 12.6 Å². The minimum atomic E-state index is -0.575. The van der Waals surface area contributed by atoms with Crippen molar-refractivity contribution >= 4 is 19.0 Å². The molecule has 0 bridgehead atoms. The van der Waals surface area contributed by atoms with Crippen molar-refractivity contribution in [2.24, 2.45) is 4.99 Å². The maximum atomic E-state index is 11.7. The fourth-order valence-electron chi connectivity index (χ4n) is 1.50. The number of carbonyl (C=O) groups is 2. The number of rotatable bonds is 8. The van der Waals surface area contributed by atoms with E-state index in [1.54, 1.807) is 0 Å². The van der Waals surface area contributed by atoms with Crippen LogP contribution in [0.2, 0.25) is 0 Å². The maximum absolute atomic E-state index is 11.7. The molecule has 1 rings (SSSR count). The molecule has 1 aromatic carbocycles. The number of aliphatic imine (C=N–C) groups is 1. The second-order valence-electron chi connectivity index (χ2n) is 3.89. The molecule has 4 heteroatoms. The minimum absolute atomic E-state index is 0.235. The first kappa shape index (κ1) is 14.1. The van der Waals surface area contributed by atoms with E-state index in [4.69, 9.17) is 4.74 Å². The fourth-order valence-corrected chi connectivity index (χ4v) is 1.50. The van der Waals surface area contributed by atoms with Gasteiger partial charge in [0.05, 0.1) is 0 Å². The van der Waals surface area contributed by atoms with Gasteiger partial charge in [-0.2, -0.15) is 0 Å². The standard InChI is InChI=1S/C14H17NO3/c1-15-13(9-5-6-10-16)14(17)18-11-12-7-3-2-4-8-12/h2-4,7-8,10,13H,1,5-6,9,11H2/t13-/m1/s1. The van der Waals surface area contributed by atoms with Crippen LogP contribution in [0.25, 0.3) is 0 Å². The zero-order valence-corrected chi connectivity index (χ0v) is 10.2. The number of hydrogen-bond donors (Lipinski definition) is 0. The molecule has 0 N–H and O–H groups in total. The minimum Gasteiger partial charge on any atom is -0.459 e. The normalized spacial score (nSPS) is 11.6. The third kappa shape index (κ3) is 4.91. The van der Waals surface area contributed by atoms with Crippen molar-refractivity contribution < 1.29 is 14.3 Å². The number of esters is 1. The average molecular weight is 247 g/mol. The molecule has 0 saturated heterocycles. The van der Waals surface area contributed by atoms with Crippen LogP contribution in [0.15, 0.2) is 35.3 Å². The summed E-state index contributed by atoms with van der Waals surface area (Å²) in [7, 11) is 0. The van der Waals surface area contributed by atoms with Gasteiger partial charge in [-0.25, -0.2) is 4.79 Å². The summed E-state index contributed by atoms with van der Waals surface area (Å²) in [5.74, 6) is -0.389. The molecule has 0 radical (unpaired) electrons. The zero-order chi connectivity index (χ0) is 13.2. The van der Waals surface area contributed by atoms with Crippen LogP contribution >= 0.6 is 0 Å². The Morgan fingerprint density at radius 2 is 2.11 bits per heavy atom. The third-order valence-corrected chi connectivity index (χ3v) is 2.52. The second-order valence-corrected chi connectivity index (χ2v) is 3.89. The van der Waals surface area contributed by atoms with E-state index < -0.39 is 6.04 Å². The van der Waals surface area contributed by atoms with Gasteiger partial charge >= 0.3 is 5.97 Å². The molecule has 0 saturated carbocycles. The lowest BCUT2D eigenvalue weighted by Gasteiger charge is -2.11. The largest absolute Gasteiger partial charge is 0.459 e. The number of hydrogen-bond acceptors (Lipinski definition) is 4. The first-order valence-corrected chi connectivity index (χ1v) is 5.88. The molecular weight excluding hydrogens is 230 g/mol. The van der Waals surface area contributed by atoms with Gasteiger partial charge in [0, 0.05) is 6.42 Å². The Kier molecular flexibility index (Phi) is 6.40.